The Hall–Kier alpha value is -1.69. The highest BCUT2D eigenvalue weighted by atomic mass is 35.5. The predicted molar refractivity (Wildman–Crippen MR) is 476 cm³/mol. The van der Waals surface area contributed by atoms with Gasteiger partial charge in [0.25, 0.3) is 0 Å². The van der Waals surface area contributed by atoms with Gasteiger partial charge in [0.2, 0.25) is 0 Å². The van der Waals surface area contributed by atoms with Crippen molar-refractivity contribution in [1.29, 1.82) is 0 Å². The van der Waals surface area contributed by atoms with Gasteiger partial charge in [-0.15, -0.1) is 26.3 Å². The van der Waals surface area contributed by atoms with E-state index in [2.05, 4.69) is 162 Å². The Morgan fingerprint density at radius 2 is 0.452 bits per heavy atom. The Balaban J connectivity index is 0.000000693. The molecule has 0 N–H and O–H groups in total. The van der Waals surface area contributed by atoms with Crippen LogP contribution in [0, 0.1) is 23.7 Å². The van der Waals surface area contributed by atoms with Crippen molar-refractivity contribution in [3.05, 3.63) is 190 Å². The summed E-state index contributed by atoms with van der Waals surface area (Å²) in [6.07, 6.45) is 6.78. The summed E-state index contributed by atoms with van der Waals surface area (Å²) in [5.74, 6) is 1.95. The van der Waals surface area contributed by atoms with Crippen LogP contribution in [0.1, 0.15) is 213 Å². The summed E-state index contributed by atoms with van der Waals surface area (Å²) in [6, 6.07) is 31.2. The van der Waals surface area contributed by atoms with Crippen molar-refractivity contribution in [3.63, 3.8) is 0 Å². The lowest BCUT2D eigenvalue weighted by Gasteiger charge is -2.41. The van der Waals surface area contributed by atoms with Crippen molar-refractivity contribution in [2.75, 3.05) is 23.0 Å². The maximum atomic E-state index is 12.8. The van der Waals surface area contributed by atoms with Crippen LogP contribution in [-0.4, -0.2) is 92.1 Å². The fourth-order valence-electron chi connectivity index (χ4n) is 9.14. The highest BCUT2D eigenvalue weighted by Crippen LogP contribution is 2.47. The van der Waals surface area contributed by atoms with Gasteiger partial charge in [-0.2, -0.15) is 0 Å². The van der Waals surface area contributed by atoms with Crippen LogP contribution in [-0.2, 0) is 60.9 Å². The molecule has 12 atom stereocenters. The van der Waals surface area contributed by atoms with Crippen molar-refractivity contribution in [2.24, 2.45) is 23.7 Å². The normalized spacial score (nSPS) is 16.8. The van der Waals surface area contributed by atoms with E-state index in [0.29, 0.717) is 43.1 Å². The minimum atomic E-state index is -2.03. The first-order chi connectivity index (χ1) is 46.7. The van der Waals surface area contributed by atoms with Gasteiger partial charge in [-0.25, -0.2) is 0 Å². The molecule has 4 aromatic carbocycles. The largest absolute Gasteiger partial charge is 0.409 e. The lowest BCUT2D eigenvalue weighted by molar-refractivity contribution is 0.149. The molecule has 0 aliphatic rings. The number of halogens is 4. The summed E-state index contributed by atoms with van der Waals surface area (Å²) in [7, 11) is -12.1. The number of rotatable bonds is 28. The molecule has 0 bridgehead atoms. The van der Waals surface area contributed by atoms with Gasteiger partial charge in [0.05, 0.1) is 24.4 Å². The molecule has 4 aromatic rings. The van der Waals surface area contributed by atoms with Crippen molar-refractivity contribution in [2.45, 2.75) is 282 Å². The molecule has 592 valence electrons. The Morgan fingerprint density at radius 1 is 0.308 bits per heavy atom. The number of hydrogen-bond acceptors (Lipinski definition) is 8. The third-order valence-corrected chi connectivity index (χ3v) is 47.5. The highest BCUT2D eigenvalue weighted by molar-refractivity contribution is 7.87. The van der Waals surface area contributed by atoms with Crippen molar-refractivity contribution in [1.82, 2.24) is 0 Å². The molecule has 0 aromatic heterocycles. The zero-order chi connectivity index (χ0) is 81.3. The Bertz CT molecular complexity index is 3030. The lowest BCUT2D eigenvalue weighted by Crippen LogP contribution is -2.43. The summed E-state index contributed by atoms with van der Waals surface area (Å²) in [5.41, 5.74) is 4.10. The van der Waals surface area contributed by atoms with E-state index in [-0.39, 0.29) is 87.2 Å². The predicted octanol–water partition coefficient (Wildman–Crippen LogP) is 27.0. The smallest absolute Gasteiger partial charge is 0.192 e. The molecule has 104 heavy (non-hydrogen) atoms. The van der Waals surface area contributed by atoms with Gasteiger partial charge in [0.15, 0.2) is 33.3 Å². The van der Waals surface area contributed by atoms with Gasteiger partial charge >= 0.3 is 0 Å². The minimum absolute atomic E-state index is 0.0392. The summed E-state index contributed by atoms with van der Waals surface area (Å²) < 4.78 is 77.2. The maximum Gasteiger partial charge on any atom is 0.192 e. The monoisotopic (exact) mass is 1660 g/mol. The van der Waals surface area contributed by atoms with Crippen molar-refractivity contribution >= 4 is 123 Å². The molecule has 4 rings (SSSR count). The van der Waals surface area contributed by atoms with E-state index in [4.69, 9.17) is 64.1 Å². The zero-order valence-corrected chi connectivity index (χ0v) is 80.5. The average molecular weight is 1660 g/mol. The van der Waals surface area contributed by atoms with Crippen LogP contribution >= 0.6 is 46.4 Å². The van der Waals surface area contributed by atoms with E-state index in [0.717, 1.165) is 22.3 Å². The van der Waals surface area contributed by atoms with E-state index in [1.165, 1.54) is 0 Å². The van der Waals surface area contributed by atoms with Crippen LogP contribution in [0.25, 0.3) is 0 Å². The van der Waals surface area contributed by atoms with Crippen molar-refractivity contribution in [3.8, 4) is 0 Å². The second-order valence-corrected chi connectivity index (χ2v) is 67.3. The molecular formula is C84H140Cl4O8S4Si4. The molecule has 4 unspecified atom stereocenters. The number of hydrogen-bond donors (Lipinski definition) is 0. The van der Waals surface area contributed by atoms with Crippen LogP contribution in [0.5, 0.6) is 0 Å². The number of benzene rings is 4. The van der Waals surface area contributed by atoms with Gasteiger partial charge in [-0.05, 0) is 226 Å². The molecule has 0 aliphatic carbocycles. The minimum Gasteiger partial charge on any atom is -0.409 e. The molecule has 0 fully saturated rings. The van der Waals surface area contributed by atoms with Gasteiger partial charge in [-0.3, -0.25) is 16.8 Å². The molecule has 0 radical (unpaired) electrons. The molecule has 0 heterocycles. The molecular weight excluding hydrogens is 1520 g/mol. The first-order valence-electron chi connectivity index (χ1n) is 36.5. The SMILES string of the molecule is C=C[C@@H](CS(=O)C(C)(C)C)[C@@H](O[Si](C)(C)C(C)(C)C)c1cccc(Cl)c1.C=C[C@@H](CS(=O)C(C)(C)C)[C@H](O[Si](C)(C)C(C)(C)C)c1cccc(Cl)c1.C=C[C@H](CS(=O)C(C)(C)C)[C@@H](O[Si](C)(C)C(C)(C)C)c1cccc(Cl)c1.C=C[C@H](CS(=O)C(C)(C)C)[C@H](O[Si](C)(C)C(C)(C)C)c1cccc(Cl)c1. The molecule has 0 saturated carbocycles. The first kappa shape index (κ1) is 100. The van der Waals surface area contributed by atoms with Gasteiger partial charge in [-0.1, -0.05) is 202 Å². The van der Waals surface area contributed by atoms with Crippen LogP contribution < -0.4 is 0 Å². The third-order valence-electron chi connectivity index (χ3n) is 20.5. The molecule has 8 nitrogen and oxygen atoms in total. The van der Waals surface area contributed by atoms with E-state index < -0.39 is 76.5 Å². The second-order valence-electron chi connectivity index (χ2n) is 37.5. The van der Waals surface area contributed by atoms with Gasteiger partial charge < -0.3 is 17.7 Å². The van der Waals surface area contributed by atoms with Gasteiger partial charge in [0, 0.05) is 129 Å². The fraction of sp³-hybridized carbons (Fsp3) is 0.619. The van der Waals surface area contributed by atoms with Crippen LogP contribution in [0.3, 0.4) is 0 Å². The molecule has 0 aliphatic heterocycles. The Kier molecular flexibility index (Phi) is 39.2. The second kappa shape index (κ2) is 40.7. The fourth-order valence-corrected chi connectivity index (χ4v) is 19.8. The van der Waals surface area contributed by atoms with Gasteiger partial charge in [0.1, 0.15) is 0 Å². The third kappa shape index (κ3) is 32.6. The molecule has 0 spiro atoms. The maximum absolute atomic E-state index is 12.8. The molecule has 0 saturated heterocycles. The quantitative estimate of drug-likeness (QED) is 0.0409. The summed E-state index contributed by atoms with van der Waals surface area (Å²) in [5, 5.41) is 3.07. The molecule has 20 heteroatoms. The average Bonchev–Trinajstić information content (AvgIpc) is 0.815. The molecule has 0 amide bonds. The summed E-state index contributed by atoms with van der Waals surface area (Å²) >= 11 is 25.0. The zero-order valence-electron chi connectivity index (χ0n) is 70.2. The lowest BCUT2D eigenvalue weighted by atomic mass is 9.97. The van der Waals surface area contributed by atoms with E-state index in [1.807, 2.05) is 204 Å². The van der Waals surface area contributed by atoms with Crippen molar-refractivity contribution < 1.29 is 34.5 Å². The van der Waals surface area contributed by atoms with E-state index >= 15 is 0 Å². The standard InChI is InChI=1S/4C21H35ClO2SSi/c4*1-10-16(15-25(23)20(2,3)4)19(17-12-11-13-18(22)14-17)24-26(8,9)21(5,6)7/h4*10-14,16,19H,1,15H2,2-9H3/t2*16-,19+,25?;2*16-,19-,25?/m1010/s1. The van der Waals surface area contributed by atoms with Crippen LogP contribution in [0.15, 0.2) is 148 Å². The topological polar surface area (TPSA) is 105 Å². The van der Waals surface area contributed by atoms with E-state index in [9.17, 15) is 16.8 Å². The highest BCUT2D eigenvalue weighted by Gasteiger charge is 2.46. The van der Waals surface area contributed by atoms with Crippen LogP contribution in [0.4, 0.5) is 0 Å². The van der Waals surface area contributed by atoms with E-state index in [1.54, 1.807) is 0 Å². The van der Waals surface area contributed by atoms with Crippen LogP contribution in [0.2, 0.25) is 92.6 Å². The summed E-state index contributed by atoms with van der Waals surface area (Å²) in [6.45, 7) is 84.8. The Labute approximate surface area is 670 Å². The summed E-state index contributed by atoms with van der Waals surface area (Å²) in [4.78, 5) is 0. The first-order valence-corrected chi connectivity index (χ1v) is 54.9. The Morgan fingerprint density at radius 3 is 0.558 bits per heavy atom.